The summed E-state index contributed by atoms with van der Waals surface area (Å²) < 4.78 is 4.97. The van der Waals surface area contributed by atoms with E-state index in [2.05, 4.69) is 0 Å². The normalized spacial score (nSPS) is 23.2. The Morgan fingerprint density at radius 1 is 1.10 bits per heavy atom. The zero-order chi connectivity index (χ0) is 16.6. The van der Waals surface area contributed by atoms with Gasteiger partial charge < -0.3 is 4.74 Å². The molecule has 5 nitrogen and oxygen atoms in total. The molecule has 0 amide bonds. The van der Waals surface area contributed by atoms with Crippen molar-refractivity contribution in [1.29, 1.82) is 0 Å². The van der Waals surface area contributed by atoms with Gasteiger partial charge in [-0.2, -0.15) is 0 Å². The number of hydrogen-bond acceptors (Lipinski definition) is 5. The Hall–Kier alpha value is -1.36. The highest BCUT2D eigenvalue weighted by atomic mass is 16.5. The summed E-state index contributed by atoms with van der Waals surface area (Å²) in [5.41, 5.74) is -2.61. The van der Waals surface area contributed by atoms with Crippen molar-refractivity contribution in [2.75, 3.05) is 13.7 Å². The Kier molecular flexibility index (Phi) is 4.88. The Morgan fingerprint density at radius 3 is 1.90 bits per heavy atom. The van der Waals surface area contributed by atoms with E-state index in [9.17, 15) is 19.2 Å². The fourth-order valence-electron chi connectivity index (χ4n) is 2.94. The Labute approximate surface area is 125 Å². The first-order chi connectivity index (χ1) is 9.47. The van der Waals surface area contributed by atoms with E-state index >= 15 is 0 Å². The van der Waals surface area contributed by atoms with Gasteiger partial charge in [0.2, 0.25) is 0 Å². The lowest BCUT2D eigenvalue weighted by Gasteiger charge is -2.40. The van der Waals surface area contributed by atoms with E-state index in [1.54, 1.807) is 0 Å². The van der Waals surface area contributed by atoms with Gasteiger partial charge in [-0.1, -0.05) is 6.92 Å². The van der Waals surface area contributed by atoms with Crippen LogP contribution in [-0.4, -0.2) is 36.8 Å². The number of carbonyl (C=O) groups is 4. The quantitative estimate of drug-likeness (QED) is 0.720. The highest BCUT2D eigenvalue weighted by Crippen LogP contribution is 2.41. The first-order valence-corrected chi connectivity index (χ1v) is 7.13. The topological polar surface area (TPSA) is 77.5 Å². The van der Waals surface area contributed by atoms with E-state index in [0.29, 0.717) is 6.61 Å². The molecule has 1 fully saturated rings. The predicted octanol–water partition coefficient (Wildman–Crippen LogP) is 1.62. The lowest BCUT2D eigenvalue weighted by molar-refractivity contribution is -0.161. The van der Waals surface area contributed by atoms with Crippen molar-refractivity contribution in [2.24, 2.45) is 22.7 Å². The van der Waals surface area contributed by atoms with Crippen LogP contribution in [0.2, 0.25) is 0 Å². The second kappa shape index (κ2) is 5.79. The molecule has 0 N–H and O–H groups in total. The summed E-state index contributed by atoms with van der Waals surface area (Å²) in [7, 11) is 1.53. The molecule has 1 atom stereocenters. The number of methoxy groups -OCH3 is 1. The third-order valence-electron chi connectivity index (χ3n) is 4.21. The molecule has 5 heteroatoms. The molecule has 1 unspecified atom stereocenters. The highest BCUT2D eigenvalue weighted by molar-refractivity contribution is 6.35. The van der Waals surface area contributed by atoms with Gasteiger partial charge in [0, 0.05) is 20.1 Å². The van der Waals surface area contributed by atoms with Crippen LogP contribution in [0.4, 0.5) is 0 Å². The predicted molar refractivity (Wildman–Crippen MR) is 76.7 cm³/mol. The zero-order valence-corrected chi connectivity index (χ0v) is 13.6. The number of ether oxygens (including phenoxy) is 1. The molecule has 21 heavy (non-hydrogen) atoms. The molecular formula is C16H24O5. The average Bonchev–Trinajstić information content (AvgIpc) is 2.36. The minimum atomic E-state index is -1.33. The highest BCUT2D eigenvalue weighted by Gasteiger charge is 2.59. The number of hydrogen-bond donors (Lipinski definition) is 0. The number of rotatable bonds is 5. The summed E-state index contributed by atoms with van der Waals surface area (Å²) >= 11 is 0. The van der Waals surface area contributed by atoms with Crippen molar-refractivity contribution in [3.63, 3.8) is 0 Å². The van der Waals surface area contributed by atoms with Crippen molar-refractivity contribution in [3.8, 4) is 0 Å². The van der Waals surface area contributed by atoms with Gasteiger partial charge in [0.25, 0.3) is 0 Å². The first-order valence-electron chi connectivity index (χ1n) is 7.13. The fourth-order valence-corrected chi connectivity index (χ4v) is 2.94. The van der Waals surface area contributed by atoms with Gasteiger partial charge in [0.15, 0.2) is 23.1 Å². The van der Waals surface area contributed by atoms with Gasteiger partial charge in [-0.05, 0) is 33.6 Å². The molecule has 0 radical (unpaired) electrons. The third kappa shape index (κ3) is 2.98. The molecule has 0 heterocycles. The van der Waals surface area contributed by atoms with Crippen LogP contribution < -0.4 is 0 Å². The summed E-state index contributed by atoms with van der Waals surface area (Å²) in [4.78, 5) is 49.6. The Balaban J connectivity index is 3.11. The fraction of sp³-hybridized carbons (Fsp3) is 0.750. The van der Waals surface area contributed by atoms with E-state index in [1.807, 2.05) is 6.92 Å². The SMILES string of the molecule is COCC(C)CC(=O)C1C(=O)C(C)(C)C(=O)C(C)(C)C1=O. The van der Waals surface area contributed by atoms with Crippen molar-refractivity contribution in [3.05, 3.63) is 0 Å². The summed E-state index contributed by atoms with van der Waals surface area (Å²) in [6.45, 7) is 8.16. The molecule has 0 saturated heterocycles. The molecule has 0 bridgehead atoms. The molecule has 1 aliphatic carbocycles. The molecule has 1 rings (SSSR count). The first kappa shape index (κ1) is 17.7. The number of ketones is 4. The van der Waals surface area contributed by atoms with Crippen LogP contribution in [0.25, 0.3) is 0 Å². The van der Waals surface area contributed by atoms with Crippen LogP contribution in [0.15, 0.2) is 0 Å². The van der Waals surface area contributed by atoms with E-state index in [1.165, 1.54) is 34.8 Å². The largest absolute Gasteiger partial charge is 0.384 e. The molecule has 0 spiro atoms. The zero-order valence-electron chi connectivity index (χ0n) is 13.6. The summed E-state index contributed by atoms with van der Waals surface area (Å²) in [6.07, 6.45) is 0.0936. The molecule has 0 aromatic carbocycles. The molecule has 118 valence electrons. The lowest BCUT2D eigenvalue weighted by atomic mass is 9.57. The van der Waals surface area contributed by atoms with Gasteiger partial charge in [0.05, 0.1) is 10.8 Å². The van der Waals surface area contributed by atoms with Gasteiger partial charge in [-0.25, -0.2) is 0 Å². The van der Waals surface area contributed by atoms with Crippen LogP contribution in [-0.2, 0) is 23.9 Å². The second-order valence-electron chi connectivity index (χ2n) is 6.97. The summed E-state index contributed by atoms with van der Waals surface area (Å²) in [5, 5.41) is 0. The maximum Gasteiger partial charge on any atom is 0.163 e. The lowest BCUT2D eigenvalue weighted by Crippen LogP contribution is -2.59. The van der Waals surface area contributed by atoms with Gasteiger partial charge in [-0.3, -0.25) is 19.2 Å². The van der Waals surface area contributed by atoms with E-state index in [0.717, 1.165) is 0 Å². The minimum Gasteiger partial charge on any atom is -0.384 e. The maximum atomic E-state index is 12.4. The Bertz CT molecular complexity index is 457. The van der Waals surface area contributed by atoms with Crippen LogP contribution >= 0.6 is 0 Å². The maximum absolute atomic E-state index is 12.4. The monoisotopic (exact) mass is 296 g/mol. The second-order valence-corrected chi connectivity index (χ2v) is 6.97. The molecule has 1 aliphatic rings. The number of Topliss-reactive ketones (excluding diaryl/α,β-unsaturated/α-hetero) is 4. The van der Waals surface area contributed by atoms with Crippen LogP contribution in [0, 0.1) is 22.7 Å². The van der Waals surface area contributed by atoms with E-state index < -0.39 is 39.9 Å². The summed E-state index contributed by atoms with van der Waals surface area (Å²) in [5.74, 6) is -3.39. The molecular weight excluding hydrogens is 272 g/mol. The average molecular weight is 296 g/mol. The van der Waals surface area contributed by atoms with E-state index in [-0.39, 0.29) is 12.3 Å². The van der Waals surface area contributed by atoms with Crippen molar-refractivity contribution < 1.29 is 23.9 Å². The Morgan fingerprint density at radius 2 is 1.52 bits per heavy atom. The minimum absolute atomic E-state index is 0.0769. The van der Waals surface area contributed by atoms with Gasteiger partial charge in [0.1, 0.15) is 5.92 Å². The van der Waals surface area contributed by atoms with Crippen molar-refractivity contribution in [1.82, 2.24) is 0 Å². The molecule has 0 aliphatic heterocycles. The number of carbonyl (C=O) groups excluding carboxylic acids is 4. The van der Waals surface area contributed by atoms with Crippen LogP contribution in [0.1, 0.15) is 41.0 Å². The van der Waals surface area contributed by atoms with Crippen molar-refractivity contribution in [2.45, 2.75) is 41.0 Å². The van der Waals surface area contributed by atoms with Crippen molar-refractivity contribution >= 4 is 23.1 Å². The van der Waals surface area contributed by atoms with Gasteiger partial charge >= 0.3 is 0 Å². The molecule has 0 aromatic rings. The van der Waals surface area contributed by atoms with E-state index in [4.69, 9.17) is 4.74 Å². The third-order valence-corrected chi connectivity index (χ3v) is 4.21. The molecule has 1 saturated carbocycles. The van der Waals surface area contributed by atoms with Crippen LogP contribution in [0.5, 0.6) is 0 Å². The standard InChI is InChI=1S/C16H24O5/c1-9(8-21-6)7-10(17)11-12(18)15(2,3)14(20)16(4,5)13(11)19/h9,11H,7-8H2,1-6H3. The smallest absolute Gasteiger partial charge is 0.163 e. The van der Waals surface area contributed by atoms with Crippen LogP contribution in [0.3, 0.4) is 0 Å². The summed E-state index contributed by atoms with van der Waals surface area (Å²) in [6, 6.07) is 0. The van der Waals surface area contributed by atoms with Gasteiger partial charge in [-0.15, -0.1) is 0 Å². The molecule has 0 aromatic heterocycles.